The highest BCUT2D eigenvalue weighted by Gasteiger charge is 2.27. The van der Waals surface area contributed by atoms with Gasteiger partial charge in [0.2, 0.25) is 11.8 Å². The van der Waals surface area contributed by atoms with E-state index in [2.05, 4.69) is 21.3 Å². The second-order valence-electron chi connectivity index (χ2n) is 11.2. The minimum atomic E-state index is -0.439. The second-order valence-corrected chi connectivity index (χ2v) is 11.2. The summed E-state index contributed by atoms with van der Waals surface area (Å²) in [7, 11) is 0. The Bertz CT molecular complexity index is 1040. The molecule has 240 valence electrons. The molecule has 0 saturated heterocycles. The van der Waals surface area contributed by atoms with Gasteiger partial charge in [0.15, 0.2) is 0 Å². The Morgan fingerprint density at radius 2 is 0.977 bits per heavy atom. The zero-order valence-electron chi connectivity index (χ0n) is 25.7. The third kappa shape index (κ3) is 14.9. The molecule has 0 aromatic heterocycles. The van der Waals surface area contributed by atoms with Gasteiger partial charge in [-0.3, -0.25) is 9.59 Å². The van der Waals surface area contributed by atoms with Crippen LogP contribution in [0.4, 0.5) is 9.59 Å². The number of unbranched alkanes of at least 4 members (excludes halogenated alkanes) is 4. The molecule has 1 aliphatic rings. The lowest BCUT2D eigenvalue weighted by Gasteiger charge is -2.33. The Hall–Kier alpha value is -4.08. The first kappa shape index (κ1) is 34.4. The molecular weight excluding hydrogens is 560 g/mol. The number of ether oxygens (including phenoxy) is 2. The summed E-state index contributed by atoms with van der Waals surface area (Å²) < 4.78 is 10.4. The van der Waals surface area contributed by atoms with Crippen molar-refractivity contribution in [2.75, 3.05) is 13.1 Å². The topological polar surface area (TPSA) is 135 Å². The number of hydrogen-bond acceptors (Lipinski definition) is 6. The Balaban J connectivity index is 1.18. The Kier molecular flexibility index (Phi) is 16.2. The average molecular weight is 609 g/mol. The van der Waals surface area contributed by atoms with Crippen LogP contribution in [0.3, 0.4) is 0 Å². The maximum absolute atomic E-state index is 12.6. The third-order valence-electron chi connectivity index (χ3n) is 7.58. The first-order valence-corrected chi connectivity index (χ1v) is 16.0. The number of carbonyl (C=O) groups is 4. The third-order valence-corrected chi connectivity index (χ3v) is 7.58. The molecule has 0 bridgehead atoms. The number of nitrogens with one attached hydrogen (secondary N) is 4. The number of rotatable bonds is 18. The summed E-state index contributed by atoms with van der Waals surface area (Å²) in [5.74, 6) is 0.00217. The normalized spacial score (nSPS) is 15.9. The van der Waals surface area contributed by atoms with Gasteiger partial charge in [0.05, 0.1) is 0 Å². The molecule has 2 aromatic carbocycles. The SMILES string of the molecule is O=C(CCCCCNC(=O)OCc1ccccc1)N[C@H]1CCCC[C@H]1NC(=O)CCCCCNC(=O)OCc1ccccc1. The van der Waals surface area contributed by atoms with Crippen LogP contribution >= 0.6 is 0 Å². The lowest BCUT2D eigenvalue weighted by Crippen LogP contribution is -2.53. The molecule has 0 spiro atoms. The monoisotopic (exact) mass is 608 g/mol. The van der Waals surface area contributed by atoms with E-state index in [4.69, 9.17) is 9.47 Å². The van der Waals surface area contributed by atoms with Gasteiger partial charge < -0.3 is 30.7 Å². The van der Waals surface area contributed by atoms with E-state index in [0.29, 0.717) is 25.9 Å². The quantitative estimate of drug-likeness (QED) is 0.165. The van der Waals surface area contributed by atoms with Gasteiger partial charge in [0, 0.05) is 38.0 Å². The predicted octanol–water partition coefficient (Wildman–Crippen LogP) is 5.50. The van der Waals surface area contributed by atoms with Crippen LogP contribution in [0.5, 0.6) is 0 Å². The summed E-state index contributed by atoms with van der Waals surface area (Å²) >= 11 is 0. The standard InChI is InChI=1S/C34H48N4O6/c39-31(21-9-3-13-23-35-33(41)43-25-27-15-5-1-6-16-27)37-29-19-11-12-20-30(29)38-32(40)22-10-4-14-24-36-34(42)44-26-28-17-7-2-8-18-28/h1-2,5-8,15-18,29-30H,3-4,9-14,19-26H2,(H,35,41)(H,36,42)(H,37,39)(H,38,40)/t29-,30+. The Morgan fingerprint density at radius 3 is 1.39 bits per heavy atom. The summed E-state index contributed by atoms with van der Waals surface area (Å²) in [6, 6.07) is 18.9. The first-order chi connectivity index (χ1) is 21.5. The minimum absolute atomic E-state index is 0.00109. The van der Waals surface area contributed by atoms with Gasteiger partial charge in [0.1, 0.15) is 13.2 Å². The van der Waals surface area contributed by atoms with Crippen LogP contribution in [0.15, 0.2) is 60.7 Å². The fourth-order valence-corrected chi connectivity index (χ4v) is 5.14. The van der Waals surface area contributed by atoms with Crippen molar-refractivity contribution in [1.29, 1.82) is 0 Å². The van der Waals surface area contributed by atoms with Crippen LogP contribution in [0.25, 0.3) is 0 Å². The molecule has 3 rings (SSSR count). The van der Waals surface area contributed by atoms with Crippen LogP contribution in [0, 0.1) is 0 Å². The number of amides is 4. The second kappa shape index (κ2) is 20.8. The van der Waals surface area contributed by atoms with Gasteiger partial charge in [0.25, 0.3) is 0 Å². The summed E-state index contributed by atoms with van der Waals surface area (Å²) in [5, 5.41) is 11.8. The van der Waals surface area contributed by atoms with Crippen molar-refractivity contribution < 1.29 is 28.7 Å². The molecule has 44 heavy (non-hydrogen) atoms. The van der Waals surface area contributed by atoms with E-state index in [1.165, 1.54) is 0 Å². The summed E-state index contributed by atoms with van der Waals surface area (Å²) in [5.41, 5.74) is 1.88. The van der Waals surface area contributed by atoms with E-state index in [-0.39, 0.29) is 37.1 Å². The number of carbonyl (C=O) groups excluding carboxylic acids is 4. The Morgan fingerprint density at radius 1 is 0.568 bits per heavy atom. The molecule has 0 unspecified atom stereocenters. The molecule has 1 aliphatic carbocycles. The minimum Gasteiger partial charge on any atom is -0.445 e. The van der Waals surface area contributed by atoms with Crippen LogP contribution in [0.2, 0.25) is 0 Å². The summed E-state index contributed by atoms with van der Waals surface area (Å²) in [6.45, 7) is 1.49. The Labute approximate surface area is 261 Å². The van der Waals surface area contributed by atoms with Gasteiger partial charge in [-0.2, -0.15) is 0 Å². The van der Waals surface area contributed by atoms with Crippen molar-refractivity contribution in [2.24, 2.45) is 0 Å². The smallest absolute Gasteiger partial charge is 0.407 e. The maximum atomic E-state index is 12.6. The van der Waals surface area contributed by atoms with Crippen molar-refractivity contribution in [2.45, 2.75) is 102 Å². The first-order valence-electron chi connectivity index (χ1n) is 16.0. The van der Waals surface area contributed by atoms with E-state index in [1.54, 1.807) is 0 Å². The largest absolute Gasteiger partial charge is 0.445 e. The van der Waals surface area contributed by atoms with Crippen LogP contribution in [-0.4, -0.2) is 49.2 Å². The van der Waals surface area contributed by atoms with Crippen molar-refractivity contribution in [3.63, 3.8) is 0 Å². The van der Waals surface area contributed by atoms with Crippen molar-refractivity contribution in [1.82, 2.24) is 21.3 Å². The van der Waals surface area contributed by atoms with E-state index < -0.39 is 12.2 Å². The van der Waals surface area contributed by atoms with E-state index in [9.17, 15) is 19.2 Å². The summed E-state index contributed by atoms with van der Waals surface area (Å²) in [4.78, 5) is 48.8. The van der Waals surface area contributed by atoms with Crippen molar-refractivity contribution >= 4 is 24.0 Å². The number of hydrogen-bond donors (Lipinski definition) is 4. The van der Waals surface area contributed by atoms with Crippen molar-refractivity contribution in [3.05, 3.63) is 71.8 Å². The molecule has 0 aliphatic heterocycles. The van der Waals surface area contributed by atoms with Gasteiger partial charge >= 0.3 is 12.2 Å². The zero-order valence-corrected chi connectivity index (χ0v) is 25.7. The fraction of sp³-hybridized carbons (Fsp3) is 0.529. The van der Waals surface area contributed by atoms with E-state index in [1.807, 2.05) is 60.7 Å². The molecule has 4 amide bonds. The highest BCUT2D eigenvalue weighted by molar-refractivity contribution is 5.78. The molecule has 10 heteroatoms. The van der Waals surface area contributed by atoms with Gasteiger partial charge in [-0.25, -0.2) is 9.59 Å². The zero-order chi connectivity index (χ0) is 31.2. The number of alkyl carbamates (subject to hydrolysis) is 2. The van der Waals surface area contributed by atoms with Crippen LogP contribution in [0.1, 0.15) is 88.2 Å². The lowest BCUT2D eigenvalue weighted by molar-refractivity contribution is -0.125. The molecule has 2 aromatic rings. The number of benzene rings is 2. The molecule has 1 saturated carbocycles. The van der Waals surface area contributed by atoms with Gasteiger partial charge in [-0.05, 0) is 49.7 Å². The summed E-state index contributed by atoms with van der Waals surface area (Å²) in [6.07, 6.45) is 8.39. The van der Waals surface area contributed by atoms with Gasteiger partial charge in [-0.15, -0.1) is 0 Å². The molecule has 0 heterocycles. The highest BCUT2D eigenvalue weighted by atomic mass is 16.6. The van der Waals surface area contributed by atoms with E-state index in [0.717, 1.165) is 75.3 Å². The van der Waals surface area contributed by atoms with Crippen LogP contribution in [-0.2, 0) is 32.3 Å². The molecule has 10 nitrogen and oxygen atoms in total. The van der Waals surface area contributed by atoms with Gasteiger partial charge in [-0.1, -0.05) is 86.3 Å². The molecule has 2 atom stereocenters. The highest BCUT2D eigenvalue weighted by Crippen LogP contribution is 2.19. The van der Waals surface area contributed by atoms with Crippen LogP contribution < -0.4 is 21.3 Å². The molecular formula is C34H48N4O6. The lowest BCUT2D eigenvalue weighted by atomic mass is 9.90. The van der Waals surface area contributed by atoms with Crippen molar-refractivity contribution in [3.8, 4) is 0 Å². The van der Waals surface area contributed by atoms with E-state index >= 15 is 0 Å². The predicted molar refractivity (Wildman–Crippen MR) is 169 cm³/mol. The fourth-order valence-electron chi connectivity index (χ4n) is 5.14. The molecule has 0 radical (unpaired) electrons. The molecule has 1 fully saturated rings. The molecule has 4 N–H and O–H groups in total. The maximum Gasteiger partial charge on any atom is 0.407 e. The average Bonchev–Trinajstić information content (AvgIpc) is 3.04.